The lowest BCUT2D eigenvalue weighted by atomic mass is 9.80. The molecule has 0 bridgehead atoms. The number of aromatic nitrogens is 1. The largest absolute Gasteiger partial charge is 0.497 e. The van der Waals surface area contributed by atoms with Crippen molar-refractivity contribution in [1.82, 2.24) is 4.98 Å². The second kappa shape index (κ2) is 4.23. The van der Waals surface area contributed by atoms with Crippen LogP contribution in [0.5, 0.6) is 0 Å². The van der Waals surface area contributed by atoms with Gasteiger partial charge in [-0.3, -0.25) is 0 Å². The standard InChI is InChI=1S/C11H14BBrClNO2/c1-10(2)11(3,4)17-12(16-10)7-6-15-9(13)5-8(7)14/h5-6H,1-4H3. The van der Waals surface area contributed by atoms with Crippen LogP contribution in [0, 0.1) is 0 Å². The highest BCUT2D eigenvalue weighted by molar-refractivity contribution is 9.10. The van der Waals surface area contributed by atoms with E-state index < -0.39 is 7.12 Å². The molecule has 0 radical (unpaired) electrons. The molecule has 1 aromatic heterocycles. The second-order valence-corrected chi connectivity index (χ2v) is 6.34. The molecule has 3 nitrogen and oxygen atoms in total. The lowest BCUT2D eigenvalue weighted by Crippen LogP contribution is -2.41. The molecule has 0 saturated carbocycles. The van der Waals surface area contributed by atoms with E-state index in [0.717, 1.165) is 5.46 Å². The first-order valence-electron chi connectivity index (χ1n) is 5.39. The molecule has 1 saturated heterocycles. The van der Waals surface area contributed by atoms with E-state index in [2.05, 4.69) is 20.9 Å². The Bertz CT molecular complexity index is 437. The zero-order valence-electron chi connectivity index (χ0n) is 10.3. The van der Waals surface area contributed by atoms with Gasteiger partial charge in [0.2, 0.25) is 0 Å². The van der Waals surface area contributed by atoms with Gasteiger partial charge in [-0.15, -0.1) is 0 Å². The molecule has 1 fully saturated rings. The molecule has 0 atom stereocenters. The van der Waals surface area contributed by atoms with Gasteiger partial charge in [0.1, 0.15) is 4.60 Å². The molecule has 0 N–H and O–H groups in total. The fourth-order valence-corrected chi connectivity index (χ4v) is 2.27. The van der Waals surface area contributed by atoms with Crippen molar-refractivity contribution in [2.45, 2.75) is 38.9 Å². The molecule has 2 heterocycles. The van der Waals surface area contributed by atoms with Crippen molar-refractivity contribution in [2.75, 3.05) is 0 Å². The predicted octanol–water partition coefficient (Wildman–Crippen LogP) is 2.80. The summed E-state index contributed by atoms with van der Waals surface area (Å²) in [7, 11) is -0.465. The molecule has 0 aromatic carbocycles. The summed E-state index contributed by atoms with van der Waals surface area (Å²) in [5, 5.41) is 0.588. The van der Waals surface area contributed by atoms with Crippen LogP contribution in [0.1, 0.15) is 27.7 Å². The minimum Gasteiger partial charge on any atom is -0.399 e. The highest BCUT2D eigenvalue weighted by Gasteiger charge is 2.52. The molecular weight excluding hydrogens is 304 g/mol. The van der Waals surface area contributed by atoms with Crippen molar-refractivity contribution in [2.24, 2.45) is 0 Å². The van der Waals surface area contributed by atoms with Crippen molar-refractivity contribution >= 4 is 40.1 Å². The molecule has 0 aliphatic carbocycles. The van der Waals surface area contributed by atoms with E-state index in [0.29, 0.717) is 9.63 Å². The predicted molar refractivity (Wildman–Crippen MR) is 72.7 cm³/mol. The van der Waals surface area contributed by atoms with Gasteiger partial charge < -0.3 is 9.31 Å². The van der Waals surface area contributed by atoms with Crippen LogP contribution in [0.15, 0.2) is 16.9 Å². The molecule has 0 unspecified atom stereocenters. The minimum atomic E-state index is -0.465. The first kappa shape index (κ1) is 13.3. The number of hydrogen-bond acceptors (Lipinski definition) is 3. The molecule has 0 amide bonds. The normalized spacial score (nSPS) is 21.9. The third-order valence-corrected chi connectivity index (χ3v) is 4.12. The second-order valence-electron chi connectivity index (χ2n) is 5.12. The summed E-state index contributed by atoms with van der Waals surface area (Å²) < 4.78 is 12.5. The van der Waals surface area contributed by atoms with Gasteiger partial charge in [0.15, 0.2) is 0 Å². The van der Waals surface area contributed by atoms with E-state index in [1.165, 1.54) is 0 Å². The number of halogens is 2. The van der Waals surface area contributed by atoms with Gasteiger partial charge in [-0.05, 0) is 49.7 Å². The summed E-state index contributed by atoms with van der Waals surface area (Å²) in [5.74, 6) is 0. The number of nitrogens with zero attached hydrogens (tertiary/aromatic N) is 1. The van der Waals surface area contributed by atoms with E-state index in [-0.39, 0.29) is 11.2 Å². The van der Waals surface area contributed by atoms with Crippen molar-refractivity contribution < 1.29 is 9.31 Å². The average Bonchev–Trinajstić information content (AvgIpc) is 2.35. The SMILES string of the molecule is CC1(C)OB(c2cnc(Br)cc2Cl)OC1(C)C. The van der Waals surface area contributed by atoms with Crippen LogP contribution in [-0.4, -0.2) is 23.3 Å². The summed E-state index contributed by atoms with van der Waals surface area (Å²) >= 11 is 9.44. The van der Waals surface area contributed by atoms with Gasteiger partial charge in [0.25, 0.3) is 0 Å². The van der Waals surface area contributed by atoms with Gasteiger partial charge in [-0.2, -0.15) is 0 Å². The van der Waals surface area contributed by atoms with Gasteiger partial charge in [0.05, 0.1) is 11.2 Å². The first-order chi connectivity index (χ1) is 7.73. The minimum absolute atomic E-state index is 0.367. The smallest absolute Gasteiger partial charge is 0.399 e. The fraction of sp³-hybridized carbons (Fsp3) is 0.545. The van der Waals surface area contributed by atoms with E-state index in [1.54, 1.807) is 12.3 Å². The zero-order chi connectivity index (χ0) is 12.8. The molecule has 0 spiro atoms. The van der Waals surface area contributed by atoms with Crippen LogP contribution < -0.4 is 5.46 Å². The van der Waals surface area contributed by atoms with Crippen LogP contribution in [0.4, 0.5) is 0 Å². The molecular formula is C11H14BBrClNO2. The Balaban J connectivity index is 2.32. The molecule has 17 heavy (non-hydrogen) atoms. The topological polar surface area (TPSA) is 31.4 Å². The Morgan fingerprint density at radius 3 is 2.24 bits per heavy atom. The van der Waals surface area contributed by atoms with E-state index in [9.17, 15) is 0 Å². The third-order valence-electron chi connectivity index (χ3n) is 3.36. The molecule has 1 aromatic rings. The Labute approximate surface area is 115 Å². The maximum Gasteiger partial charge on any atom is 0.497 e. The number of rotatable bonds is 1. The molecule has 1 aliphatic rings. The zero-order valence-corrected chi connectivity index (χ0v) is 12.6. The van der Waals surface area contributed by atoms with Crippen LogP contribution in [0.3, 0.4) is 0 Å². The average molecular weight is 318 g/mol. The number of pyridine rings is 1. The molecule has 6 heteroatoms. The Morgan fingerprint density at radius 1 is 1.24 bits per heavy atom. The fourth-order valence-electron chi connectivity index (χ4n) is 1.56. The maximum absolute atomic E-state index is 6.17. The van der Waals surface area contributed by atoms with E-state index in [1.807, 2.05) is 27.7 Å². The number of hydrogen-bond donors (Lipinski definition) is 0. The quantitative estimate of drug-likeness (QED) is 0.589. The monoisotopic (exact) mass is 317 g/mol. The first-order valence-corrected chi connectivity index (χ1v) is 6.57. The van der Waals surface area contributed by atoms with E-state index in [4.69, 9.17) is 20.9 Å². The summed E-state index contributed by atoms with van der Waals surface area (Å²) in [4.78, 5) is 4.15. The van der Waals surface area contributed by atoms with Gasteiger partial charge in [0, 0.05) is 16.7 Å². The van der Waals surface area contributed by atoms with Crippen LogP contribution in [0.25, 0.3) is 0 Å². The van der Waals surface area contributed by atoms with Crippen molar-refractivity contribution in [3.8, 4) is 0 Å². The van der Waals surface area contributed by atoms with Crippen molar-refractivity contribution in [1.29, 1.82) is 0 Å². The van der Waals surface area contributed by atoms with Gasteiger partial charge in [-0.25, -0.2) is 4.98 Å². The van der Waals surface area contributed by atoms with Crippen molar-refractivity contribution in [3.05, 3.63) is 21.9 Å². The van der Waals surface area contributed by atoms with Crippen LogP contribution >= 0.6 is 27.5 Å². The van der Waals surface area contributed by atoms with E-state index >= 15 is 0 Å². The lowest BCUT2D eigenvalue weighted by molar-refractivity contribution is 0.00578. The molecule has 1 aliphatic heterocycles. The maximum atomic E-state index is 6.17. The van der Waals surface area contributed by atoms with Crippen molar-refractivity contribution in [3.63, 3.8) is 0 Å². The Kier molecular flexibility index (Phi) is 3.32. The molecule has 92 valence electrons. The third kappa shape index (κ3) is 2.39. The Hall–Kier alpha value is -0.0951. The summed E-state index contributed by atoms with van der Waals surface area (Å²) in [6.07, 6.45) is 1.68. The lowest BCUT2D eigenvalue weighted by Gasteiger charge is -2.32. The van der Waals surface area contributed by atoms with Crippen LogP contribution in [0.2, 0.25) is 5.02 Å². The summed E-state index contributed by atoms with van der Waals surface area (Å²) in [5.41, 5.74) is 0.0239. The molecule has 2 rings (SSSR count). The Morgan fingerprint density at radius 2 is 1.76 bits per heavy atom. The summed E-state index contributed by atoms with van der Waals surface area (Å²) in [6, 6.07) is 1.74. The van der Waals surface area contributed by atoms with Gasteiger partial charge >= 0.3 is 7.12 Å². The highest BCUT2D eigenvalue weighted by Crippen LogP contribution is 2.36. The van der Waals surface area contributed by atoms with Gasteiger partial charge in [-0.1, -0.05) is 11.6 Å². The summed E-state index contributed by atoms with van der Waals surface area (Å²) in [6.45, 7) is 8.03. The highest BCUT2D eigenvalue weighted by atomic mass is 79.9. The van der Waals surface area contributed by atoms with Crippen LogP contribution in [-0.2, 0) is 9.31 Å².